The maximum atomic E-state index is 5.74. The predicted octanol–water partition coefficient (Wildman–Crippen LogP) is 2.64. The number of nitrogens with two attached hydrogens (primary N) is 1. The summed E-state index contributed by atoms with van der Waals surface area (Å²) in [5.74, 6) is 0. The first-order valence-corrected chi connectivity index (χ1v) is 7.12. The van der Waals surface area contributed by atoms with Crippen LogP contribution in [0.3, 0.4) is 0 Å². The fourth-order valence-corrected chi connectivity index (χ4v) is 2.51. The highest BCUT2D eigenvalue weighted by Gasteiger charge is 2.14. The lowest BCUT2D eigenvalue weighted by Gasteiger charge is -2.23. The lowest BCUT2D eigenvalue weighted by molar-refractivity contribution is 0.351. The number of hydrogen-bond donors (Lipinski definition) is 2. The third-order valence-electron chi connectivity index (χ3n) is 3.90. The molecule has 0 saturated heterocycles. The van der Waals surface area contributed by atoms with Crippen molar-refractivity contribution in [3.63, 3.8) is 0 Å². The predicted molar refractivity (Wildman–Crippen MR) is 77.6 cm³/mol. The molecule has 0 heterocycles. The number of rotatable bonds is 5. The van der Waals surface area contributed by atoms with Gasteiger partial charge in [-0.15, -0.1) is 0 Å². The largest absolute Gasteiger partial charge is 0.330 e. The van der Waals surface area contributed by atoms with E-state index in [4.69, 9.17) is 5.73 Å². The molecule has 18 heavy (non-hydrogen) atoms. The van der Waals surface area contributed by atoms with Gasteiger partial charge in [0.2, 0.25) is 0 Å². The van der Waals surface area contributed by atoms with E-state index in [0.29, 0.717) is 0 Å². The van der Waals surface area contributed by atoms with Gasteiger partial charge in [0.1, 0.15) is 0 Å². The van der Waals surface area contributed by atoms with E-state index in [1.165, 1.54) is 31.2 Å². The maximum absolute atomic E-state index is 5.74. The molecule has 100 valence electrons. The van der Waals surface area contributed by atoms with Crippen LogP contribution in [0.5, 0.6) is 0 Å². The Hall–Kier alpha value is -0.860. The third kappa shape index (κ3) is 3.56. The summed E-state index contributed by atoms with van der Waals surface area (Å²) >= 11 is 0. The number of aryl methyl sites for hydroxylation is 2. The van der Waals surface area contributed by atoms with E-state index < -0.39 is 0 Å². The lowest BCUT2D eigenvalue weighted by Crippen LogP contribution is -2.35. The summed E-state index contributed by atoms with van der Waals surface area (Å²) < 4.78 is 0. The van der Waals surface area contributed by atoms with Crippen molar-refractivity contribution in [2.75, 3.05) is 13.1 Å². The highest BCUT2D eigenvalue weighted by atomic mass is 14.9. The molecule has 0 saturated carbocycles. The van der Waals surface area contributed by atoms with Gasteiger partial charge in [0.25, 0.3) is 0 Å². The molecule has 2 heteroatoms. The molecule has 2 rings (SSSR count). The SMILES string of the molecule is CC(C)(CN)CNCc1ccc2c(c1)CCCC2. The molecule has 2 nitrogen and oxygen atoms in total. The second kappa shape index (κ2) is 5.85. The number of nitrogens with one attached hydrogen (secondary N) is 1. The summed E-state index contributed by atoms with van der Waals surface area (Å²) in [5.41, 5.74) is 10.5. The molecule has 3 N–H and O–H groups in total. The van der Waals surface area contributed by atoms with Gasteiger partial charge in [0.05, 0.1) is 0 Å². The first kappa shape index (κ1) is 13.6. The molecule has 0 aromatic heterocycles. The molecule has 1 aromatic carbocycles. The minimum absolute atomic E-state index is 0.189. The van der Waals surface area contributed by atoms with Crippen molar-refractivity contribution in [2.24, 2.45) is 11.1 Å². The normalized spacial score (nSPS) is 15.5. The van der Waals surface area contributed by atoms with E-state index in [2.05, 4.69) is 37.4 Å². The number of fused-ring (bicyclic) bond motifs is 1. The summed E-state index contributed by atoms with van der Waals surface area (Å²) in [6.45, 7) is 7.06. The Morgan fingerprint density at radius 2 is 1.89 bits per heavy atom. The molecule has 1 aromatic rings. The fraction of sp³-hybridized carbons (Fsp3) is 0.625. The van der Waals surface area contributed by atoms with E-state index in [9.17, 15) is 0 Å². The fourth-order valence-electron chi connectivity index (χ4n) is 2.51. The minimum atomic E-state index is 0.189. The molecule has 0 unspecified atom stereocenters. The molecular formula is C16H26N2. The van der Waals surface area contributed by atoms with Crippen LogP contribution in [0.25, 0.3) is 0 Å². The summed E-state index contributed by atoms with van der Waals surface area (Å²) in [4.78, 5) is 0. The average molecular weight is 246 g/mol. The topological polar surface area (TPSA) is 38.0 Å². The Morgan fingerprint density at radius 1 is 1.17 bits per heavy atom. The van der Waals surface area contributed by atoms with E-state index in [-0.39, 0.29) is 5.41 Å². The van der Waals surface area contributed by atoms with Crippen LogP contribution in [0.2, 0.25) is 0 Å². The first-order valence-electron chi connectivity index (χ1n) is 7.12. The van der Waals surface area contributed by atoms with Crippen molar-refractivity contribution >= 4 is 0 Å². The Balaban J connectivity index is 1.90. The van der Waals surface area contributed by atoms with Crippen molar-refractivity contribution < 1.29 is 0 Å². The van der Waals surface area contributed by atoms with Crippen LogP contribution in [0, 0.1) is 5.41 Å². The van der Waals surface area contributed by atoms with Crippen molar-refractivity contribution in [3.05, 3.63) is 34.9 Å². The van der Waals surface area contributed by atoms with Gasteiger partial charge in [-0.05, 0) is 54.3 Å². The quantitative estimate of drug-likeness (QED) is 0.838. The van der Waals surface area contributed by atoms with E-state index in [1.54, 1.807) is 11.1 Å². The van der Waals surface area contributed by atoms with Gasteiger partial charge in [0.15, 0.2) is 0 Å². The van der Waals surface area contributed by atoms with Crippen LogP contribution in [0.15, 0.2) is 18.2 Å². The summed E-state index contributed by atoms with van der Waals surface area (Å²) in [6, 6.07) is 6.98. The van der Waals surface area contributed by atoms with E-state index >= 15 is 0 Å². The van der Waals surface area contributed by atoms with Gasteiger partial charge < -0.3 is 11.1 Å². The van der Waals surface area contributed by atoms with Crippen molar-refractivity contribution in [3.8, 4) is 0 Å². The zero-order valence-corrected chi connectivity index (χ0v) is 11.8. The van der Waals surface area contributed by atoms with Gasteiger partial charge in [-0.25, -0.2) is 0 Å². The molecule has 0 radical (unpaired) electrons. The summed E-state index contributed by atoms with van der Waals surface area (Å²) in [6.07, 6.45) is 5.24. The van der Waals surface area contributed by atoms with Crippen molar-refractivity contribution in [1.82, 2.24) is 5.32 Å². The summed E-state index contributed by atoms with van der Waals surface area (Å²) in [7, 11) is 0. The lowest BCUT2D eigenvalue weighted by atomic mass is 9.90. The van der Waals surface area contributed by atoms with Gasteiger partial charge in [-0.1, -0.05) is 32.0 Å². The highest BCUT2D eigenvalue weighted by molar-refractivity contribution is 5.33. The second-order valence-electron chi connectivity index (χ2n) is 6.28. The van der Waals surface area contributed by atoms with Gasteiger partial charge in [-0.3, -0.25) is 0 Å². The van der Waals surface area contributed by atoms with E-state index in [1.807, 2.05) is 0 Å². The van der Waals surface area contributed by atoms with E-state index in [0.717, 1.165) is 19.6 Å². The zero-order chi connectivity index (χ0) is 13.0. The van der Waals surface area contributed by atoms with Gasteiger partial charge in [-0.2, -0.15) is 0 Å². The molecule has 0 fully saturated rings. The first-order chi connectivity index (χ1) is 8.61. The van der Waals surface area contributed by atoms with Crippen LogP contribution in [-0.4, -0.2) is 13.1 Å². The Morgan fingerprint density at radius 3 is 2.61 bits per heavy atom. The van der Waals surface area contributed by atoms with Crippen LogP contribution >= 0.6 is 0 Å². The van der Waals surface area contributed by atoms with Crippen molar-refractivity contribution in [1.29, 1.82) is 0 Å². The standard InChI is InChI=1S/C16H26N2/c1-16(2,11-17)12-18-10-13-7-8-14-5-3-4-6-15(14)9-13/h7-9,18H,3-6,10-12,17H2,1-2H3. The minimum Gasteiger partial charge on any atom is -0.330 e. The second-order valence-corrected chi connectivity index (χ2v) is 6.28. The van der Waals surface area contributed by atoms with Crippen molar-refractivity contribution in [2.45, 2.75) is 46.1 Å². The third-order valence-corrected chi connectivity index (χ3v) is 3.90. The molecule has 0 atom stereocenters. The molecule has 1 aliphatic carbocycles. The summed E-state index contributed by atoms with van der Waals surface area (Å²) in [5, 5.41) is 3.52. The highest BCUT2D eigenvalue weighted by Crippen LogP contribution is 2.22. The molecular weight excluding hydrogens is 220 g/mol. The van der Waals surface area contributed by atoms with Crippen LogP contribution in [0.4, 0.5) is 0 Å². The maximum Gasteiger partial charge on any atom is 0.0205 e. The number of benzene rings is 1. The molecule has 0 spiro atoms. The van der Waals surface area contributed by atoms with Crippen LogP contribution < -0.4 is 11.1 Å². The van der Waals surface area contributed by atoms with Crippen LogP contribution in [0.1, 0.15) is 43.4 Å². The molecule has 0 amide bonds. The monoisotopic (exact) mass is 246 g/mol. The smallest absolute Gasteiger partial charge is 0.0205 e. The Bertz CT molecular complexity index is 396. The Kier molecular flexibility index (Phi) is 4.41. The Labute approximate surface area is 111 Å². The zero-order valence-electron chi connectivity index (χ0n) is 11.8. The average Bonchev–Trinajstić information content (AvgIpc) is 2.38. The van der Waals surface area contributed by atoms with Gasteiger partial charge >= 0.3 is 0 Å². The molecule has 1 aliphatic rings. The van der Waals surface area contributed by atoms with Gasteiger partial charge in [0, 0.05) is 13.1 Å². The molecule has 0 bridgehead atoms. The number of hydrogen-bond acceptors (Lipinski definition) is 2. The van der Waals surface area contributed by atoms with Crippen LogP contribution in [-0.2, 0) is 19.4 Å². The molecule has 0 aliphatic heterocycles.